The number of para-hydroxylation sites is 1. The van der Waals surface area contributed by atoms with E-state index in [0.717, 1.165) is 0 Å². The van der Waals surface area contributed by atoms with Gasteiger partial charge in [0.1, 0.15) is 11.5 Å². The van der Waals surface area contributed by atoms with Gasteiger partial charge in [0.15, 0.2) is 6.61 Å². The molecule has 0 aromatic heterocycles. The molecule has 9 heteroatoms. The van der Waals surface area contributed by atoms with Crippen LogP contribution in [-0.4, -0.2) is 37.1 Å². The highest BCUT2D eigenvalue weighted by molar-refractivity contribution is 5.95. The van der Waals surface area contributed by atoms with Crippen LogP contribution in [0.15, 0.2) is 48.5 Å². The van der Waals surface area contributed by atoms with E-state index in [2.05, 4.69) is 5.32 Å². The number of hydrogen-bond acceptors (Lipinski definition) is 7. The second kappa shape index (κ2) is 10.5. The zero-order valence-corrected chi connectivity index (χ0v) is 15.9. The number of methoxy groups -OCH3 is 1. The van der Waals surface area contributed by atoms with Crippen molar-refractivity contribution >= 4 is 29.3 Å². The van der Waals surface area contributed by atoms with E-state index in [1.54, 1.807) is 18.2 Å². The third-order valence-corrected chi connectivity index (χ3v) is 3.63. The minimum absolute atomic E-state index is 0.117. The molecule has 0 unspecified atom stereocenters. The second-order valence-electron chi connectivity index (χ2n) is 5.60. The summed E-state index contributed by atoms with van der Waals surface area (Å²) in [5, 5.41) is 13.3. The van der Waals surface area contributed by atoms with Gasteiger partial charge in [-0.2, -0.15) is 0 Å². The van der Waals surface area contributed by atoms with Gasteiger partial charge >= 0.3 is 5.97 Å². The molecule has 9 nitrogen and oxygen atoms in total. The van der Waals surface area contributed by atoms with Crippen molar-refractivity contribution in [1.29, 1.82) is 0 Å². The number of nitrogens with zero attached hydrogens (tertiary/aromatic N) is 1. The summed E-state index contributed by atoms with van der Waals surface area (Å²) in [4.78, 5) is 34.1. The van der Waals surface area contributed by atoms with Gasteiger partial charge in [-0.15, -0.1) is 0 Å². The summed E-state index contributed by atoms with van der Waals surface area (Å²) in [6, 6.07) is 10.9. The normalized spacial score (nSPS) is 10.4. The van der Waals surface area contributed by atoms with Crippen molar-refractivity contribution in [2.45, 2.75) is 6.92 Å². The van der Waals surface area contributed by atoms with Crippen LogP contribution in [0.4, 0.5) is 11.4 Å². The van der Waals surface area contributed by atoms with Crippen LogP contribution in [-0.2, 0) is 14.3 Å². The van der Waals surface area contributed by atoms with E-state index in [-0.39, 0.29) is 17.1 Å². The Morgan fingerprint density at radius 2 is 1.93 bits per heavy atom. The van der Waals surface area contributed by atoms with Crippen molar-refractivity contribution in [1.82, 2.24) is 0 Å². The van der Waals surface area contributed by atoms with Gasteiger partial charge in [0, 0.05) is 17.7 Å². The fourth-order valence-corrected chi connectivity index (χ4v) is 2.33. The minimum Gasteiger partial charge on any atom is -0.494 e. The van der Waals surface area contributed by atoms with E-state index in [9.17, 15) is 19.7 Å². The van der Waals surface area contributed by atoms with Gasteiger partial charge in [-0.1, -0.05) is 18.2 Å². The number of carbonyl (C=O) groups is 2. The molecule has 152 valence electrons. The maximum atomic E-state index is 12.0. The number of non-ortho nitro benzene ring substituents is 1. The average Bonchev–Trinajstić information content (AvgIpc) is 2.72. The molecule has 0 bridgehead atoms. The molecular formula is C20H20N2O7. The molecule has 2 aromatic rings. The highest BCUT2D eigenvalue weighted by Crippen LogP contribution is 2.28. The first-order valence-corrected chi connectivity index (χ1v) is 8.63. The van der Waals surface area contributed by atoms with Crippen LogP contribution in [0.25, 0.3) is 6.08 Å². The first-order chi connectivity index (χ1) is 13.9. The number of benzene rings is 2. The molecule has 0 atom stereocenters. The van der Waals surface area contributed by atoms with Gasteiger partial charge < -0.3 is 19.5 Å². The van der Waals surface area contributed by atoms with Gasteiger partial charge in [0.05, 0.1) is 30.4 Å². The molecule has 0 radical (unpaired) electrons. The number of nitro benzene ring substituents is 1. The molecule has 0 aliphatic carbocycles. The molecule has 2 aromatic carbocycles. The van der Waals surface area contributed by atoms with Crippen molar-refractivity contribution in [2.75, 3.05) is 25.6 Å². The summed E-state index contributed by atoms with van der Waals surface area (Å²) < 4.78 is 15.4. The Balaban J connectivity index is 1.92. The fourth-order valence-electron chi connectivity index (χ4n) is 2.33. The van der Waals surface area contributed by atoms with Gasteiger partial charge in [-0.05, 0) is 25.1 Å². The third-order valence-electron chi connectivity index (χ3n) is 3.63. The SMILES string of the molecule is CCOc1ccccc1/C=C/C(=O)OCC(=O)Nc1ccc([N+](=O)[O-])cc1OC. The van der Waals surface area contributed by atoms with E-state index in [1.807, 2.05) is 13.0 Å². The lowest BCUT2D eigenvalue weighted by molar-refractivity contribution is -0.384. The summed E-state index contributed by atoms with van der Waals surface area (Å²) in [6.07, 6.45) is 2.72. The van der Waals surface area contributed by atoms with Gasteiger partial charge in [0.25, 0.3) is 11.6 Å². The van der Waals surface area contributed by atoms with E-state index in [4.69, 9.17) is 14.2 Å². The number of carbonyl (C=O) groups excluding carboxylic acids is 2. The Hall–Kier alpha value is -3.88. The monoisotopic (exact) mass is 400 g/mol. The molecule has 1 amide bonds. The van der Waals surface area contributed by atoms with Crippen LogP contribution in [0, 0.1) is 10.1 Å². The molecule has 0 saturated carbocycles. The average molecular weight is 400 g/mol. The Labute approximate surface area is 167 Å². The topological polar surface area (TPSA) is 117 Å². The molecule has 0 fully saturated rings. The summed E-state index contributed by atoms with van der Waals surface area (Å²) in [5.41, 5.74) is 0.746. The van der Waals surface area contributed by atoms with Crippen LogP contribution in [0.2, 0.25) is 0 Å². The van der Waals surface area contributed by atoms with Crippen LogP contribution in [0.3, 0.4) is 0 Å². The van der Waals surface area contributed by atoms with Crippen LogP contribution in [0.1, 0.15) is 12.5 Å². The molecule has 2 rings (SSSR count). The first kappa shape index (κ1) is 21.4. The van der Waals surface area contributed by atoms with Crippen LogP contribution < -0.4 is 14.8 Å². The van der Waals surface area contributed by atoms with Crippen molar-refractivity contribution in [3.8, 4) is 11.5 Å². The van der Waals surface area contributed by atoms with Gasteiger partial charge in [-0.3, -0.25) is 14.9 Å². The number of amides is 1. The molecular weight excluding hydrogens is 380 g/mol. The number of hydrogen-bond donors (Lipinski definition) is 1. The van der Waals surface area contributed by atoms with Crippen LogP contribution in [0.5, 0.6) is 11.5 Å². The van der Waals surface area contributed by atoms with Gasteiger partial charge in [-0.25, -0.2) is 4.79 Å². The quantitative estimate of drug-likeness (QED) is 0.297. The number of anilines is 1. The lowest BCUT2D eigenvalue weighted by atomic mass is 10.2. The fraction of sp³-hybridized carbons (Fsp3) is 0.200. The number of nitrogens with one attached hydrogen (secondary N) is 1. The van der Waals surface area contributed by atoms with E-state index >= 15 is 0 Å². The van der Waals surface area contributed by atoms with Crippen molar-refractivity contribution in [3.05, 3.63) is 64.2 Å². The van der Waals surface area contributed by atoms with Crippen molar-refractivity contribution < 1.29 is 28.7 Å². The van der Waals surface area contributed by atoms with Crippen molar-refractivity contribution in [2.24, 2.45) is 0 Å². The number of nitro groups is 1. The summed E-state index contributed by atoms with van der Waals surface area (Å²) in [5.74, 6) is -0.580. The molecule has 0 aliphatic rings. The Morgan fingerprint density at radius 3 is 2.62 bits per heavy atom. The standard InChI is InChI=1S/C20H20N2O7/c1-3-28-17-7-5-4-6-14(17)8-11-20(24)29-13-19(23)21-16-10-9-15(22(25)26)12-18(16)27-2/h4-12H,3,13H2,1-2H3,(H,21,23)/b11-8+. The van der Waals surface area contributed by atoms with Crippen LogP contribution >= 0.6 is 0 Å². The Bertz CT molecular complexity index is 925. The molecule has 0 saturated heterocycles. The van der Waals surface area contributed by atoms with E-state index in [1.165, 1.54) is 37.5 Å². The summed E-state index contributed by atoms with van der Waals surface area (Å²) >= 11 is 0. The number of ether oxygens (including phenoxy) is 3. The molecule has 0 heterocycles. The highest BCUT2D eigenvalue weighted by Gasteiger charge is 2.14. The van der Waals surface area contributed by atoms with E-state index in [0.29, 0.717) is 17.9 Å². The Morgan fingerprint density at radius 1 is 1.17 bits per heavy atom. The largest absolute Gasteiger partial charge is 0.494 e. The lowest BCUT2D eigenvalue weighted by Crippen LogP contribution is -2.20. The maximum absolute atomic E-state index is 12.0. The smallest absolute Gasteiger partial charge is 0.331 e. The first-order valence-electron chi connectivity index (χ1n) is 8.63. The van der Waals surface area contributed by atoms with Gasteiger partial charge in [0.2, 0.25) is 0 Å². The zero-order chi connectivity index (χ0) is 21.2. The second-order valence-corrected chi connectivity index (χ2v) is 5.60. The number of rotatable bonds is 9. The Kier molecular flexibility index (Phi) is 7.72. The summed E-state index contributed by atoms with van der Waals surface area (Å²) in [6.45, 7) is 1.81. The molecule has 29 heavy (non-hydrogen) atoms. The van der Waals surface area contributed by atoms with E-state index < -0.39 is 23.4 Å². The third kappa shape index (κ3) is 6.35. The summed E-state index contributed by atoms with van der Waals surface area (Å²) in [7, 11) is 1.32. The zero-order valence-electron chi connectivity index (χ0n) is 15.9. The predicted octanol–water partition coefficient (Wildman–Crippen LogP) is 3.20. The molecule has 0 aliphatic heterocycles. The minimum atomic E-state index is -0.706. The molecule has 1 N–H and O–H groups in total. The molecule has 0 spiro atoms. The number of esters is 1. The lowest BCUT2D eigenvalue weighted by Gasteiger charge is -2.10. The van der Waals surface area contributed by atoms with Crippen molar-refractivity contribution in [3.63, 3.8) is 0 Å². The maximum Gasteiger partial charge on any atom is 0.331 e. The highest BCUT2D eigenvalue weighted by atomic mass is 16.6. The predicted molar refractivity (Wildman–Crippen MR) is 106 cm³/mol.